The summed E-state index contributed by atoms with van der Waals surface area (Å²) in [5.41, 5.74) is 3.37. The molecule has 0 radical (unpaired) electrons. The van der Waals surface area contributed by atoms with Crippen LogP contribution < -0.4 is 5.32 Å². The summed E-state index contributed by atoms with van der Waals surface area (Å²) in [7, 11) is 0. The number of pyridine rings is 1. The van der Waals surface area contributed by atoms with E-state index in [1.165, 1.54) is 12.8 Å². The summed E-state index contributed by atoms with van der Waals surface area (Å²) in [6.07, 6.45) is 5.98. The lowest BCUT2D eigenvalue weighted by Crippen LogP contribution is -2.39. The van der Waals surface area contributed by atoms with Crippen molar-refractivity contribution in [3.05, 3.63) is 41.7 Å². The van der Waals surface area contributed by atoms with Crippen LogP contribution in [0, 0.1) is 25.7 Å². The average molecular weight is 376 g/mol. The Kier molecular flexibility index (Phi) is 4.16. The smallest absolute Gasteiger partial charge is 0.156 e. The van der Waals surface area contributed by atoms with Crippen LogP contribution in [0.25, 0.3) is 22.0 Å². The number of hydrogen-bond acceptors (Lipinski definition) is 6. The third-order valence-electron chi connectivity index (χ3n) is 6.17. The standard InChI is InChI=1S/C22H24N4O2/c1-12-7-13(2)19(18(27)8-12)21-17-9-23-6-5-16(17)22(26-25-21)24-20-14-3-4-15(20)11-28-10-14/h5-9,14-15,20,27H,3-4,10-11H2,1-2H3,(H,24,26)/t14-,15+,20?. The molecule has 1 saturated carbocycles. The molecule has 6 nitrogen and oxygen atoms in total. The molecule has 3 aromatic rings. The van der Waals surface area contributed by atoms with Gasteiger partial charge in [0.2, 0.25) is 0 Å². The number of benzene rings is 1. The van der Waals surface area contributed by atoms with Crippen molar-refractivity contribution < 1.29 is 9.84 Å². The summed E-state index contributed by atoms with van der Waals surface area (Å²) in [6, 6.07) is 6.15. The Labute approximate surface area is 164 Å². The zero-order valence-corrected chi connectivity index (χ0v) is 16.1. The van der Waals surface area contributed by atoms with Crippen molar-refractivity contribution in [3.63, 3.8) is 0 Å². The van der Waals surface area contributed by atoms with E-state index < -0.39 is 0 Å². The molecule has 3 heterocycles. The first-order valence-electron chi connectivity index (χ1n) is 9.87. The number of ether oxygens (including phenoxy) is 1. The fourth-order valence-electron chi connectivity index (χ4n) is 4.85. The first-order chi connectivity index (χ1) is 13.6. The summed E-state index contributed by atoms with van der Waals surface area (Å²) >= 11 is 0. The van der Waals surface area contributed by atoms with Gasteiger partial charge in [-0.3, -0.25) is 4.98 Å². The number of anilines is 1. The summed E-state index contributed by atoms with van der Waals surface area (Å²) in [5, 5.41) is 25.2. The van der Waals surface area contributed by atoms with Crippen LogP contribution in [0.4, 0.5) is 5.82 Å². The molecule has 144 valence electrons. The van der Waals surface area contributed by atoms with Gasteiger partial charge in [0.25, 0.3) is 0 Å². The molecule has 0 spiro atoms. The predicted octanol–water partition coefficient (Wildman–Crippen LogP) is 3.85. The van der Waals surface area contributed by atoms with Crippen molar-refractivity contribution in [2.75, 3.05) is 18.5 Å². The predicted molar refractivity (Wildman–Crippen MR) is 108 cm³/mol. The maximum atomic E-state index is 10.6. The van der Waals surface area contributed by atoms with Gasteiger partial charge in [-0.1, -0.05) is 6.07 Å². The fourth-order valence-corrected chi connectivity index (χ4v) is 4.85. The molecule has 2 aromatic heterocycles. The van der Waals surface area contributed by atoms with Crippen LogP contribution in [0.1, 0.15) is 24.0 Å². The van der Waals surface area contributed by atoms with Crippen LogP contribution in [0.15, 0.2) is 30.6 Å². The molecule has 5 rings (SSSR count). The first kappa shape index (κ1) is 17.4. The molecule has 3 atom stereocenters. The Morgan fingerprint density at radius 2 is 1.86 bits per heavy atom. The maximum Gasteiger partial charge on any atom is 0.156 e. The zero-order chi connectivity index (χ0) is 19.3. The normalized spacial score (nSPS) is 23.9. The molecule has 1 unspecified atom stereocenters. The van der Waals surface area contributed by atoms with E-state index in [1.54, 1.807) is 12.3 Å². The second-order valence-electron chi connectivity index (χ2n) is 8.10. The quantitative estimate of drug-likeness (QED) is 0.723. The van der Waals surface area contributed by atoms with E-state index in [2.05, 4.69) is 20.5 Å². The number of fused-ring (bicyclic) bond motifs is 3. The number of aromatic hydroxyl groups is 1. The van der Waals surface area contributed by atoms with Gasteiger partial charge in [-0.25, -0.2) is 0 Å². The third-order valence-corrected chi connectivity index (χ3v) is 6.17. The van der Waals surface area contributed by atoms with E-state index in [9.17, 15) is 5.11 Å². The van der Waals surface area contributed by atoms with Crippen molar-refractivity contribution in [1.29, 1.82) is 0 Å². The second kappa shape index (κ2) is 6.71. The van der Waals surface area contributed by atoms with Gasteiger partial charge in [-0.05, 0) is 49.9 Å². The highest BCUT2D eigenvalue weighted by molar-refractivity contribution is 6.01. The minimum Gasteiger partial charge on any atom is -0.507 e. The molecule has 6 heteroatoms. The minimum absolute atomic E-state index is 0.222. The highest BCUT2D eigenvalue weighted by Crippen LogP contribution is 2.40. The van der Waals surface area contributed by atoms with Gasteiger partial charge < -0.3 is 15.2 Å². The van der Waals surface area contributed by atoms with Crippen molar-refractivity contribution in [3.8, 4) is 17.0 Å². The van der Waals surface area contributed by atoms with Crippen molar-refractivity contribution in [2.45, 2.75) is 32.7 Å². The van der Waals surface area contributed by atoms with Crippen LogP contribution in [-0.4, -0.2) is 39.5 Å². The Bertz CT molecular complexity index is 1010. The number of nitrogens with zero attached hydrogens (tertiary/aromatic N) is 3. The van der Waals surface area contributed by atoms with Gasteiger partial charge in [-0.15, -0.1) is 10.2 Å². The molecule has 1 saturated heterocycles. The average Bonchev–Trinajstić information content (AvgIpc) is 2.88. The Morgan fingerprint density at radius 1 is 1.07 bits per heavy atom. The summed E-state index contributed by atoms with van der Waals surface area (Å²) in [4.78, 5) is 4.31. The van der Waals surface area contributed by atoms with Crippen LogP contribution in [0.3, 0.4) is 0 Å². The van der Waals surface area contributed by atoms with E-state index in [0.29, 0.717) is 29.1 Å². The molecule has 2 fully saturated rings. The van der Waals surface area contributed by atoms with Crippen LogP contribution in [0.2, 0.25) is 0 Å². The van der Waals surface area contributed by atoms with Gasteiger partial charge in [0.1, 0.15) is 11.4 Å². The molecule has 0 amide bonds. The number of nitrogens with one attached hydrogen (secondary N) is 1. The van der Waals surface area contributed by atoms with E-state index >= 15 is 0 Å². The number of phenolic OH excluding ortho intramolecular Hbond substituents is 1. The molecule has 2 N–H and O–H groups in total. The summed E-state index contributed by atoms with van der Waals surface area (Å²) < 4.78 is 5.71. The first-order valence-corrected chi connectivity index (χ1v) is 9.87. The summed E-state index contributed by atoms with van der Waals surface area (Å²) in [5.74, 6) is 2.07. The van der Waals surface area contributed by atoms with Crippen LogP contribution in [-0.2, 0) is 4.74 Å². The van der Waals surface area contributed by atoms with Crippen molar-refractivity contribution in [2.24, 2.45) is 11.8 Å². The molecule has 1 aliphatic heterocycles. The van der Waals surface area contributed by atoms with E-state index in [0.717, 1.165) is 40.9 Å². The second-order valence-corrected chi connectivity index (χ2v) is 8.10. The topological polar surface area (TPSA) is 80.2 Å². The maximum absolute atomic E-state index is 10.6. The summed E-state index contributed by atoms with van der Waals surface area (Å²) in [6.45, 7) is 5.58. The highest BCUT2D eigenvalue weighted by Gasteiger charge is 2.40. The SMILES string of the molecule is Cc1cc(C)c(-c2nnc(NC3[C@@H]4CC[C@H]3COC4)c3ccncc23)c(O)c1. The van der Waals surface area contributed by atoms with E-state index in [4.69, 9.17) is 4.74 Å². The monoisotopic (exact) mass is 376 g/mol. The number of phenols is 1. The van der Waals surface area contributed by atoms with E-state index in [-0.39, 0.29) is 5.75 Å². The Morgan fingerprint density at radius 3 is 2.61 bits per heavy atom. The number of aromatic nitrogens is 3. The molecule has 28 heavy (non-hydrogen) atoms. The fraction of sp³-hybridized carbons (Fsp3) is 0.409. The molecular formula is C22H24N4O2. The van der Waals surface area contributed by atoms with Gasteiger partial charge in [0.15, 0.2) is 5.82 Å². The van der Waals surface area contributed by atoms with Gasteiger partial charge in [-0.2, -0.15) is 0 Å². The lowest BCUT2D eigenvalue weighted by atomic mass is 9.95. The number of hydrogen-bond donors (Lipinski definition) is 2. The van der Waals surface area contributed by atoms with Gasteiger partial charge in [0, 0.05) is 46.6 Å². The highest BCUT2D eigenvalue weighted by atomic mass is 16.5. The molecular weight excluding hydrogens is 352 g/mol. The number of aryl methyl sites for hydroxylation is 2. The van der Waals surface area contributed by atoms with Crippen LogP contribution in [0.5, 0.6) is 5.75 Å². The molecule has 1 aliphatic carbocycles. The van der Waals surface area contributed by atoms with Gasteiger partial charge >= 0.3 is 0 Å². The molecule has 2 aliphatic rings. The van der Waals surface area contributed by atoms with Crippen molar-refractivity contribution in [1.82, 2.24) is 15.2 Å². The molecule has 2 bridgehead atoms. The lowest BCUT2D eigenvalue weighted by Gasteiger charge is -2.31. The Balaban J connectivity index is 1.61. The minimum atomic E-state index is 0.222. The Hall–Kier alpha value is -2.73. The van der Waals surface area contributed by atoms with Crippen molar-refractivity contribution >= 4 is 16.6 Å². The number of rotatable bonds is 3. The zero-order valence-electron chi connectivity index (χ0n) is 16.1. The van der Waals surface area contributed by atoms with Crippen LogP contribution >= 0.6 is 0 Å². The van der Waals surface area contributed by atoms with E-state index in [1.807, 2.05) is 32.2 Å². The van der Waals surface area contributed by atoms with Gasteiger partial charge in [0.05, 0.1) is 13.2 Å². The third kappa shape index (κ3) is 2.79. The lowest BCUT2D eigenvalue weighted by molar-refractivity contribution is 0.0392. The largest absolute Gasteiger partial charge is 0.507 e. The molecule has 1 aromatic carbocycles.